The number of carbonyl (C=O) groups is 2. The predicted octanol–water partition coefficient (Wildman–Crippen LogP) is 2.73. The Hall–Kier alpha value is -2.62. The highest BCUT2D eigenvalue weighted by Crippen LogP contribution is 2.15. The van der Waals surface area contributed by atoms with Crippen LogP contribution in [0, 0.1) is 0 Å². The fraction of sp³-hybridized carbons (Fsp3) is 0.176. The number of esters is 1. The van der Waals surface area contributed by atoms with Crippen molar-refractivity contribution in [3.63, 3.8) is 0 Å². The molecule has 0 saturated carbocycles. The molecule has 1 N–H and O–H groups in total. The van der Waals surface area contributed by atoms with Crippen molar-refractivity contribution < 1.29 is 19.4 Å². The lowest BCUT2D eigenvalue weighted by Gasteiger charge is -2.04. The molecule has 0 aliphatic carbocycles. The molecule has 21 heavy (non-hydrogen) atoms. The lowest BCUT2D eigenvalue weighted by molar-refractivity contribution is -0.142. The van der Waals surface area contributed by atoms with Gasteiger partial charge >= 0.3 is 5.97 Å². The normalized spacial score (nSPS) is 10.1. The average Bonchev–Trinajstić information content (AvgIpc) is 2.48. The van der Waals surface area contributed by atoms with E-state index in [1.165, 1.54) is 12.1 Å². The van der Waals surface area contributed by atoms with Gasteiger partial charge in [-0.1, -0.05) is 24.3 Å². The topological polar surface area (TPSA) is 63.6 Å². The molecule has 0 radical (unpaired) electrons. The Morgan fingerprint density at radius 3 is 2.00 bits per heavy atom. The van der Waals surface area contributed by atoms with E-state index in [-0.39, 0.29) is 23.9 Å². The van der Waals surface area contributed by atoms with Crippen molar-refractivity contribution in [1.29, 1.82) is 0 Å². The van der Waals surface area contributed by atoms with Gasteiger partial charge in [-0.2, -0.15) is 0 Å². The zero-order chi connectivity index (χ0) is 15.2. The van der Waals surface area contributed by atoms with Gasteiger partial charge in [-0.3, -0.25) is 9.59 Å². The maximum atomic E-state index is 12.2. The number of ketones is 1. The SMILES string of the molecule is CCOC(=O)Cc1ccc(C(=O)c2ccc(O)cc2)cc1. The summed E-state index contributed by atoms with van der Waals surface area (Å²) in [5.74, 6) is -0.288. The van der Waals surface area contributed by atoms with Crippen LogP contribution in [0.1, 0.15) is 28.4 Å². The summed E-state index contributed by atoms with van der Waals surface area (Å²) in [4.78, 5) is 23.6. The highest BCUT2D eigenvalue weighted by Gasteiger charge is 2.10. The molecule has 0 aromatic heterocycles. The van der Waals surface area contributed by atoms with E-state index in [0.29, 0.717) is 17.7 Å². The maximum Gasteiger partial charge on any atom is 0.310 e. The minimum atomic E-state index is -0.282. The Morgan fingerprint density at radius 2 is 1.48 bits per heavy atom. The van der Waals surface area contributed by atoms with Gasteiger partial charge < -0.3 is 9.84 Å². The van der Waals surface area contributed by atoms with Gasteiger partial charge in [0, 0.05) is 11.1 Å². The molecule has 0 aliphatic rings. The average molecular weight is 284 g/mol. The van der Waals surface area contributed by atoms with Crippen LogP contribution in [0.2, 0.25) is 0 Å². The van der Waals surface area contributed by atoms with Crippen molar-refractivity contribution in [2.45, 2.75) is 13.3 Å². The van der Waals surface area contributed by atoms with Crippen molar-refractivity contribution in [3.8, 4) is 5.75 Å². The fourth-order valence-corrected chi connectivity index (χ4v) is 1.93. The number of carbonyl (C=O) groups excluding carboxylic acids is 2. The third kappa shape index (κ3) is 3.92. The minimum absolute atomic E-state index is 0.122. The van der Waals surface area contributed by atoms with Crippen LogP contribution in [-0.4, -0.2) is 23.5 Å². The molecule has 108 valence electrons. The monoisotopic (exact) mass is 284 g/mol. The van der Waals surface area contributed by atoms with Crippen LogP contribution in [0.15, 0.2) is 48.5 Å². The van der Waals surface area contributed by atoms with E-state index < -0.39 is 0 Å². The van der Waals surface area contributed by atoms with Crippen molar-refractivity contribution >= 4 is 11.8 Å². The van der Waals surface area contributed by atoms with Gasteiger partial charge in [0.2, 0.25) is 0 Å². The highest BCUT2D eigenvalue weighted by molar-refractivity contribution is 6.09. The second kappa shape index (κ2) is 6.70. The molecule has 0 atom stereocenters. The van der Waals surface area contributed by atoms with Crippen LogP contribution < -0.4 is 0 Å². The van der Waals surface area contributed by atoms with Gasteiger partial charge in [-0.05, 0) is 36.8 Å². The predicted molar refractivity (Wildman–Crippen MR) is 78.3 cm³/mol. The molecule has 2 rings (SSSR count). The molecule has 0 fully saturated rings. The summed E-state index contributed by atoms with van der Waals surface area (Å²) in [6.45, 7) is 2.12. The minimum Gasteiger partial charge on any atom is -0.508 e. The third-order valence-corrected chi connectivity index (χ3v) is 3.00. The molecule has 0 spiro atoms. The van der Waals surface area contributed by atoms with Gasteiger partial charge in [-0.25, -0.2) is 0 Å². The number of phenols is 1. The largest absolute Gasteiger partial charge is 0.508 e. The molecular weight excluding hydrogens is 268 g/mol. The summed E-state index contributed by atoms with van der Waals surface area (Å²) in [5.41, 5.74) is 1.84. The van der Waals surface area contributed by atoms with Crippen LogP contribution >= 0.6 is 0 Å². The Balaban J connectivity index is 2.09. The smallest absolute Gasteiger partial charge is 0.310 e. The van der Waals surface area contributed by atoms with Crippen molar-refractivity contribution in [3.05, 3.63) is 65.2 Å². The summed E-state index contributed by atoms with van der Waals surface area (Å²) < 4.78 is 4.87. The summed E-state index contributed by atoms with van der Waals surface area (Å²) in [6, 6.07) is 12.9. The van der Waals surface area contributed by atoms with Crippen molar-refractivity contribution in [1.82, 2.24) is 0 Å². The number of hydrogen-bond donors (Lipinski definition) is 1. The van der Waals surface area contributed by atoms with Crippen LogP contribution in [-0.2, 0) is 16.0 Å². The third-order valence-electron chi connectivity index (χ3n) is 3.00. The number of ether oxygens (including phenoxy) is 1. The van der Waals surface area contributed by atoms with Crippen LogP contribution in [0.3, 0.4) is 0 Å². The van der Waals surface area contributed by atoms with E-state index in [1.807, 2.05) is 0 Å². The van der Waals surface area contributed by atoms with Gasteiger partial charge in [0.1, 0.15) is 5.75 Å². The lowest BCUT2D eigenvalue weighted by atomic mass is 10.0. The summed E-state index contributed by atoms with van der Waals surface area (Å²) in [5, 5.41) is 9.22. The van der Waals surface area contributed by atoms with Crippen LogP contribution in [0.4, 0.5) is 0 Å². The van der Waals surface area contributed by atoms with E-state index >= 15 is 0 Å². The first-order valence-electron chi connectivity index (χ1n) is 6.68. The van der Waals surface area contributed by atoms with E-state index in [0.717, 1.165) is 5.56 Å². The quantitative estimate of drug-likeness (QED) is 0.677. The molecule has 2 aromatic rings. The fourth-order valence-electron chi connectivity index (χ4n) is 1.93. The molecule has 0 amide bonds. The molecule has 4 heteroatoms. The summed E-state index contributed by atoms with van der Waals surface area (Å²) in [7, 11) is 0. The molecule has 2 aromatic carbocycles. The van der Waals surface area contributed by atoms with Crippen LogP contribution in [0.5, 0.6) is 5.75 Å². The van der Waals surface area contributed by atoms with Gasteiger partial charge in [0.15, 0.2) is 5.78 Å². The molecule has 4 nitrogen and oxygen atoms in total. The van der Waals surface area contributed by atoms with E-state index in [2.05, 4.69) is 0 Å². The first kappa shape index (κ1) is 14.8. The zero-order valence-corrected chi connectivity index (χ0v) is 11.7. The van der Waals surface area contributed by atoms with Crippen molar-refractivity contribution in [2.24, 2.45) is 0 Å². The number of benzene rings is 2. The number of hydrogen-bond acceptors (Lipinski definition) is 4. The molecule has 0 saturated heterocycles. The van der Waals surface area contributed by atoms with Crippen molar-refractivity contribution in [2.75, 3.05) is 6.61 Å². The Labute approximate surface area is 123 Å². The number of rotatable bonds is 5. The van der Waals surface area contributed by atoms with E-state index in [4.69, 9.17) is 4.74 Å². The standard InChI is InChI=1S/C17H16O4/c1-2-21-16(19)11-12-3-5-13(6-4-12)17(20)14-7-9-15(18)10-8-14/h3-10,18H,2,11H2,1H3. The highest BCUT2D eigenvalue weighted by atomic mass is 16.5. The molecular formula is C17H16O4. The van der Waals surface area contributed by atoms with Crippen LogP contribution in [0.25, 0.3) is 0 Å². The van der Waals surface area contributed by atoms with Gasteiger partial charge in [0.05, 0.1) is 13.0 Å². The Kier molecular flexibility index (Phi) is 4.72. The van der Waals surface area contributed by atoms with E-state index in [1.54, 1.807) is 43.3 Å². The second-order valence-corrected chi connectivity index (χ2v) is 4.55. The molecule has 0 aliphatic heterocycles. The summed E-state index contributed by atoms with van der Waals surface area (Å²) in [6.07, 6.45) is 0.196. The Morgan fingerprint density at radius 1 is 0.952 bits per heavy atom. The Bertz CT molecular complexity index is 627. The lowest BCUT2D eigenvalue weighted by Crippen LogP contribution is -2.08. The molecule has 0 heterocycles. The summed E-state index contributed by atoms with van der Waals surface area (Å²) >= 11 is 0. The van der Waals surface area contributed by atoms with E-state index in [9.17, 15) is 14.7 Å². The second-order valence-electron chi connectivity index (χ2n) is 4.55. The first-order chi connectivity index (χ1) is 10.1. The first-order valence-corrected chi connectivity index (χ1v) is 6.68. The number of aromatic hydroxyl groups is 1. The molecule has 0 bridgehead atoms. The zero-order valence-electron chi connectivity index (χ0n) is 11.7. The molecule has 0 unspecified atom stereocenters. The van der Waals surface area contributed by atoms with Gasteiger partial charge in [-0.15, -0.1) is 0 Å². The maximum absolute atomic E-state index is 12.2. The number of phenolic OH excluding ortho intramolecular Hbond substituents is 1. The van der Waals surface area contributed by atoms with Gasteiger partial charge in [0.25, 0.3) is 0 Å².